The molecule has 0 N–H and O–H groups in total. The minimum absolute atomic E-state index is 0.0234. The van der Waals surface area contributed by atoms with Crippen LogP contribution in [0.4, 0.5) is 8.78 Å². The Balaban J connectivity index is 3.07. The van der Waals surface area contributed by atoms with E-state index in [1.165, 1.54) is 6.08 Å². The molecule has 0 heterocycles. The minimum atomic E-state index is -2.96. The number of carbonyl (C=O) groups is 1. The van der Waals surface area contributed by atoms with Crippen molar-refractivity contribution in [2.75, 3.05) is 6.61 Å². The molecule has 0 aromatic heterocycles. The number of ketones is 1. The number of Topliss-reactive ketones (excluding diaryl/α,β-unsaturated/α-hetero) is 1. The average molecular weight is 334 g/mol. The summed E-state index contributed by atoms with van der Waals surface area (Å²) in [6, 6.07) is 7.13. The van der Waals surface area contributed by atoms with Crippen LogP contribution in [0.1, 0.15) is 39.2 Å². The monoisotopic (exact) mass is 334 g/mol. The van der Waals surface area contributed by atoms with Gasteiger partial charge in [0.2, 0.25) is 0 Å². The molecule has 0 aliphatic rings. The number of alkyl halides is 2. The zero-order chi connectivity index (χ0) is 18.2. The number of hydrogen-bond acceptors (Lipinski definition) is 2. The standard InChI is InChI=1S/C20H24F2O2/c1-5-10-16(18(23)7-3)17-11-8-9-12-19(17)24-14-13-15(6-2)20(4,21)22/h6,8-13H,2,5,7,14H2,1,3-4H3/b15-13+,16-10+. The summed E-state index contributed by atoms with van der Waals surface area (Å²) in [5.41, 5.74) is 1.10. The van der Waals surface area contributed by atoms with Crippen LogP contribution in [0.15, 0.2) is 54.6 Å². The van der Waals surface area contributed by atoms with Gasteiger partial charge >= 0.3 is 0 Å². The van der Waals surface area contributed by atoms with Gasteiger partial charge in [0, 0.05) is 30.1 Å². The maximum absolute atomic E-state index is 13.3. The first kappa shape index (κ1) is 19.8. The molecule has 0 unspecified atom stereocenters. The highest BCUT2D eigenvalue weighted by molar-refractivity contribution is 6.21. The van der Waals surface area contributed by atoms with Gasteiger partial charge in [-0.2, -0.15) is 0 Å². The Bertz CT molecular complexity index is 637. The van der Waals surface area contributed by atoms with Crippen LogP contribution < -0.4 is 4.74 Å². The Morgan fingerprint density at radius 1 is 1.25 bits per heavy atom. The number of hydrogen-bond donors (Lipinski definition) is 0. The predicted octanol–water partition coefficient (Wildman–Crippen LogP) is 5.61. The van der Waals surface area contributed by atoms with Gasteiger partial charge in [-0.15, -0.1) is 0 Å². The summed E-state index contributed by atoms with van der Waals surface area (Å²) in [5, 5.41) is 0. The van der Waals surface area contributed by atoms with Crippen LogP contribution in [0.25, 0.3) is 5.57 Å². The molecular weight excluding hydrogens is 310 g/mol. The van der Waals surface area contributed by atoms with E-state index in [0.29, 0.717) is 23.3 Å². The van der Waals surface area contributed by atoms with Crippen LogP contribution in [-0.2, 0) is 4.79 Å². The fraction of sp³-hybridized carbons (Fsp3) is 0.350. The first-order chi connectivity index (χ1) is 11.3. The van der Waals surface area contributed by atoms with E-state index in [2.05, 4.69) is 6.58 Å². The molecular formula is C20H24F2O2. The van der Waals surface area contributed by atoms with Crippen LogP contribution in [0.3, 0.4) is 0 Å². The lowest BCUT2D eigenvalue weighted by Crippen LogP contribution is -2.13. The zero-order valence-corrected chi connectivity index (χ0v) is 14.4. The topological polar surface area (TPSA) is 26.3 Å². The molecule has 1 aromatic rings. The van der Waals surface area contributed by atoms with Gasteiger partial charge < -0.3 is 4.74 Å². The van der Waals surface area contributed by atoms with E-state index < -0.39 is 5.92 Å². The van der Waals surface area contributed by atoms with Gasteiger partial charge in [-0.3, -0.25) is 4.79 Å². The number of benzene rings is 1. The molecule has 1 rings (SSSR count). The highest BCUT2D eigenvalue weighted by Crippen LogP contribution is 2.28. The molecule has 130 valence electrons. The van der Waals surface area contributed by atoms with Crippen molar-refractivity contribution in [3.05, 3.63) is 60.2 Å². The van der Waals surface area contributed by atoms with Gasteiger partial charge in [-0.25, -0.2) is 8.78 Å². The summed E-state index contributed by atoms with van der Waals surface area (Å²) in [5.74, 6) is -2.44. The molecule has 2 nitrogen and oxygen atoms in total. The first-order valence-corrected chi connectivity index (χ1v) is 8.01. The van der Waals surface area contributed by atoms with E-state index in [1.54, 1.807) is 25.1 Å². The van der Waals surface area contributed by atoms with Gasteiger partial charge in [-0.1, -0.05) is 50.8 Å². The molecule has 0 bridgehead atoms. The second-order valence-electron chi connectivity index (χ2n) is 5.36. The molecule has 0 spiro atoms. The van der Waals surface area contributed by atoms with E-state index >= 15 is 0 Å². The Hall–Kier alpha value is -2.23. The molecule has 1 aromatic carbocycles. The lowest BCUT2D eigenvalue weighted by molar-refractivity contribution is -0.113. The van der Waals surface area contributed by atoms with Gasteiger partial charge in [0.1, 0.15) is 12.4 Å². The number of ether oxygens (including phenoxy) is 1. The highest BCUT2D eigenvalue weighted by atomic mass is 19.3. The lowest BCUT2D eigenvalue weighted by atomic mass is 9.98. The van der Waals surface area contributed by atoms with Crippen molar-refractivity contribution in [2.24, 2.45) is 0 Å². The Morgan fingerprint density at radius 3 is 2.46 bits per heavy atom. The maximum Gasteiger partial charge on any atom is 0.270 e. The lowest BCUT2D eigenvalue weighted by Gasteiger charge is -2.14. The number of allylic oxidation sites excluding steroid dienone is 4. The fourth-order valence-corrected chi connectivity index (χ4v) is 2.25. The largest absolute Gasteiger partial charge is 0.489 e. The van der Waals surface area contributed by atoms with E-state index in [4.69, 9.17) is 4.74 Å². The normalized spacial score (nSPS) is 12.9. The van der Waals surface area contributed by atoms with E-state index in [1.807, 2.05) is 19.1 Å². The Kier molecular flexibility index (Phi) is 7.56. The summed E-state index contributed by atoms with van der Waals surface area (Å²) in [4.78, 5) is 12.2. The second kappa shape index (κ2) is 9.16. The quantitative estimate of drug-likeness (QED) is 0.434. The van der Waals surface area contributed by atoms with Crippen LogP contribution in [0, 0.1) is 0 Å². The summed E-state index contributed by atoms with van der Waals surface area (Å²) in [6.07, 6.45) is 5.40. The molecule has 0 saturated heterocycles. The molecule has 24 heavy (non-hydrogen) atoms. The highest BCUT2D eigenvalue weighted by Gasteiger charge is 2.24. The number of carbonyl (C=O) groups excluding carboxylic acids is 1. The summed E-state index contributed by atoms with van der Waals surface area (Å²) < 4.78 is 32.3. The van der Waals surface area contributed by atoms with Crippen LogP contribution in [0.5, 0.6) is 5.75 Å². The van der Waals surface area contributed by atoms with Gasteiger partial charge in [0.05, 0.1) is 0 Å². The molecule has 0 fully saturated rings. The van der Waals surface area contributed by atoms with Crippen molar-refractivity contribution in [2.45, 2.75) is 39.5 Å². The number of halogens is 2. The van der Waals surface area contributed by atoms with Gasteiger partial charge in [-0.05, 0) is 18.6 Å². The number of para-hydroxylation sites is 1. The number of rotatable bonds is 9. The fourth-order valence-electron chi connectivity index (χ4n) is 2.25. The summed E-state index contributed by atoms with van der Waals surface area (Å²) in [6.45, 7) is 7.95. The van der Waals surface area contributed by atoms with Crippen molar-refractivity contribution >= 4 is 11.4 Å². The molecule has 0 atom stereocenters. The third-order valence-corrected chi connectivity index (χ3v) is 3.48. The zero-order valence-electron chi connectivity index (χ0n) is 14.4. The van der Waals surface area contributed by atoms with E-state index in [-0.39, 0.29) is 18.0 Å². The summed E-state index contributed by atoms with van der Waals surface area (Å²) >= 11 is 0. The van der Waals surface area contributed by atoms with Gasteiger partial charge in [0.25, 0.3) is 5.92 Å². The van der Waals surface area contributed by atoms with Crippen molar-refractivity contribution in [3.63, 3.8) is 0 Å². The van der Waals surface area contributed by atoms with E-state index in [0.717, 1.165) is 19.4 Å². The molecule has 0 aliphatic heterocycles. The first-order valence-electron chi connectivity index (χ1n) is 8.01. The van der Waals surface area contributed by atoms with Gasteiger partial charge in [0.15, 0.2) is 5.78 Å². The Morgan fingerprint density at radius 2 is 1.92 bits per heavy atom. The van der Waals surface area contributed by atoms with Crippen molar-refractivity contribution in [1.82, 2.24) is 0 Å². The second-order valence-corrected chi connectivity index (χ2v) is 5.36. The van der Waals surface area contributed by atoms with Crippen LogP contribution in [-0.4, -0.2) is 18.3 Å². The molecule has 0 radical (unpaired) electrons. The van der Waals surface area contributed by atoms with Crippen molar-refractivity contribution in [3.8, 4) is 5.75 Å². The minimum Gasteiger partial charge on any atom is -0.489 e. The third kappa shape index (κ3) is 5.44. The predicted molar refractivity (Wildman–Crippen MR) is 94.4 cm³/mol. The van der Waals surface area contributed by atoms with Crippen molar-refractivity contribution in [1.29, 1.82) is 0 Å². The smallest absolute Gasteiger partial charge is 0.270 e. The third-order valence-electron chi connectivity index (χ3n) is 3.48. The Labute approximate surface area is 142 Å². The summed E-state index contributed by atoms with van der Waals surface area (Å²) in [7, 11) is 0. The van der Waals surface area contributed by atoms with Crippen LogP contribution in [0.2, 0.25) is 0 Å². The average Bonchev–Trinajstić information content (AvgIpc) is 2.55. The van der Waals surface area contributed by atoms with Crippen molar-refractivity contribution < 1.29 is 18.3 Å². The SMILES string of the molecule is C=C/C(=C\COc1ccccc1/C(=C\CC)C(=O)CC)C(C)(F)F. The van der Waals surface area contributed by atoms with E-state index in [9.17, 15) is 13.6 Å². The molecule has 4 heteroatoms. The molecule has 0 saturated carbocycles. The maximum atomic E-state index is 13.3. The molecule has 0 amide bonds. The van der Waals surface area contributed by atoms with Crippen LogP contribution >= 0.6 is 0 Å². The molecule has 0 aliphatic carbocycles.